The molecule has 0 radical (unpaired) electrons. The number of carbonyl (C=O) groups excluding carboxylic acids is 3. The van der Waals surface area contributed by atoms with Gasteiger partial charge in [-0.05, 0) is 69.0 Å². The van der Waals surface area contributed by atoms with Crippen LogP contribution in [0.2, 0.25) is 0 Å². The van der Waals surface area contributed by atoms with Gasteiger partial charge in [0, 0.05) is 6.54 Å². The molecule has 8 nitrogen and oxygen atoms in total. The summed E-state index contributed by atoms with van der Waals surface area (Å²) in [5, 5.41) is 10.6. The van der Waals surface area contributed by atoms with E-state index in [1.165, 1.54) is 30.4 Å². The number of methoxy groups -OCH3 is 1. The van der Waals surface area contributed by atoms with Gasteiger partial charge in [-0.1, -0.05) is 12.1 Å². The lowest BCUT2D eigenvalue weighted by Gasteiger charge is -2.27. The summed E-state index contributed by atoms with van der Waals surface area (Å²) < 4.78 is 9.93. The Morgan fingerprint density at radius 1 is 1.22 bits per heavy atom. The minimum absolute atomic E-state index is 0.00604. The molecule has 0 saturated carbocycles. The third-order valence-electron chi connectivity index (χ3n) is 5.16. The minimum atomic E-state index is -0.773. The van der Waals surface area contributed by atoms with Gasteiger partial charge in [0.15, 0.2) is 11.5 Å². The van der Waals surface area contributed by atoms with E-state index in [9.17, 15) is 19.5 Å². The van der Waals surface area contributed by atoms with Gasteiger partial charge in [-0.3, -0.25) is 9.59 Å². The molecular weight excluding hydrogens is 412 g/mol. The van der Waals surface area contributed by atoms with E-state index in [1.807, 2.05) is 19.0 Å². The number of aliphatic hydroxyl groups excluding tert-OH is 1. The standard InChI is InChI=1S/C24H26N2O6/c1-25(2)13-5-14-26-21(16-7-9-17(10-8-16)24(30)31-3)20(22(28)23(26)29)19(27)12-11-18-6-4-15-32-18/h4,6-12,15,21,28H,5,13-14H2,1-3H3. The molecule has 0 fully saturated rings. The number of nitrogens with zero attached hydrogens (tertiary/aromatic N) is 2. The Hall–Kier alpha value is -3.65. The molecule has 1 unspecified atom stereocenters. The first-order valence-electron chi connectivity index (χ1n) is 10.2. The molecule has 1 N–H and O–H groups in total. The third kappa shape index (κ3) is 4.97. The predicted molar refractivity (Wildman–Crippen MR) is 118 cm³/mol. The van der Waals surface area contributed by atoms with E-state index >= 15 is 0 Å². The highest BCUT2D eigenvalue weighted by Gasteiger charge is 2.42. The van der Waals surface area contributed by atoms with Gasteiger partial charge < -0.3 is 24.1 Å². The second-order valence-corrected chi connectivity index (χ2v) is 7.65. The molecule has 0 spiro atoms. The lowest BCUT2D eigenvalue weighted by molar-refractivity contribution is -0.129. The van der Waals surface area contributed by atoms with Crippen LogP contribution in [0.4, 0.5) is 0 Å². The van der Waals surface area contributed by atoms with E-state index < -0.39 is 29.5 Å². The molecule has 1 aliphatic heterocycles. The van der Waals surface area contributed by atoms with Gasteiger partial charge in [0.05, 0.1) is 30.6 Å². The number of hydrogen-bond acceptors (Lipinski definition) is 7. The summed E-state index contributed by atoms with van der Waals surface area (Å²) in [6.45, 7) is 1.09. The Labute approximate surface area is 186 Å². The number of rotatable bonds is 9. The van der Waals surface area contributed by atoms with Crippen molar-refractivity contribution in [2.24, 2.45) is 0 Å². The van der Waals surface area contributed by atoms with Crippen LogP contribution in [0.5, 0.6) is 0 Å². The fourth-order valence-corrected chi connectivity index (χ4v) is 3.59. The van der Waals surface area contributed by atoms with Crippen LogP contribution in [0.1, 0.15) is 34.1 Å². The maximum Gasteiger partial charge on any atom is 0.337 e. The molecule has 0 aliphatic carbocycles. The smallest absolute Gasteiger partial charge is 0.337 e. The Kier molecular flexibility index (Phi) is 7.27. The maximum atomic E-state index is 13.0. The lowest BCUT2D eigenvalue weighted by Crippen LogP contribution is -2.33. The van der Waals surface area contributed by atoms with Crippen LogP contribution in [0, 0.1) is 0 Å². The number of aliphatic hydroxyl groups is 1. The number of allylic oxidation sites excluding steroid dienone is 1. The number of furan rings is 1. The van der Waals surface area contributed by atoms with E-state index in [4.69, 9.17) is 9.15 Å². The summed E-state index contributed by atoms with van der Waals surface area (Å²) in [5.74, 6) is -1.67. The quantitative estimate of drug-likeness (QED) is 0.474. The van der Waals surface area contributed by atoms with Crippen molar-refractivity contribution in [3.63, 3.8) is 0 Å². The molecule has 168 valence electrons. The highest BCUT2D eigenvalue weighted by atomic mass is 16.5. The average molecular weight is 438 g/mol. The van der Waals surface area contributed by atoms with Crippen molar-refractivity contribution in [1.29, 1.82) is 0 Å². The molecule has 32 heavy (non-hydrogen) atoms. The van der Waals surface area contributed by atoms with E-state index in [0.717, 1.165) is 6.54 Å². The maximum absolute atomic E-state index is 13.0. The first kappa shape index (κ1) is 23.0. The van der Waals surface area contributed by atoms with Crippen molar-refractivity contribution in [3.05, 3.63) is 77.0 Å². The number of carbonyl (C=O) groups is 3. The van der Waals surface area contributed by atoms with Crippen LogP contribution in [0.3, 0.4) is 0 Å². The Morgan fingerprint density at radius 2 is 1.94 bits per heavy atom. The molecule has 0 saturated heterocycles. The van der Waals surface area contributed by atoms with Crippen LogP contribution in [0.25, 0.3) is 6.08 Å². The SMILES string of the molecule is COC(=O)c1ccc(C2C(C(=O)C=Cc3ccco3)=C(O)C(=O)N2CCCN(C)C)cc1. The number of hydrogen-bond donors (Lipinski definition) is 1. The monoisotopic (exact) mass is 438 g/mol. The number of esters is 1. The zero-order chi connectivity index (χ0) is 23.3. The average Bonchev–Trinajstić information content (AvgIpc) is 3.39. The normalized spacial score (nSPS) is 16.4. The first-order valence-corrected chi connectivity index (χ1v) is 10.2. The topological polar surface area (TPSA) is 100 Å². The van der Waals surface area contributed by atoms with Gasteiger partial charge in [-0.25, -0.2) is 4.79 Å². The number of benzene rings is 1. The highest BCUT2D eigenvalue weighted by molar-refractivity contribution is 6.14. The fraction of sp³-hybridized carbons (Fsp3) is 0.292. The Balaban J connectivity index is 1.95. The molecule has 1 aromatic carbocycles. The van der Waals surface area contributed by atoms with Crippen molar-refractivity contribution in [3.8, 4) is 0 Å². The van der Waals surface area contributed by atoms with Crippen LogP contribution >= 0.6 is 0 Å². The fourth-order valence-electron chi connectivity index (χ4n) is 3.59. The van der Waals surface area contributed by atoms with Crippen molar-refractivity contribution >= 4 is 23.7 Å². The van der Waals surface area contributed by atoms with Crippen LogP contribution < -0.4 is 0 Å². The van der Waals surface area contributed by atoms with Crippen LogP contribution in [-0.2, 0) is 14.3 Å². The van der Waals surface area contributed by atoms with Crippen molar-refractivity contribution in [2.45, 2.75) is 12.5 Å². The summed E-state index contributed by atoms with van der Waals surface area (Å²) in [5.41, 5.74) is 0.946. The van der Waals surface area contributed by atoms with Gasteiger partial charge in [-0.15, -0.1) is 0 Å². The first-order chi connectivity index (χ1) is 15.3. The molecule has 2 heterocycles. The molecule has 1 atom stereocenters. The van der Waals surface area contributed by atoms with Crippen molar-refractivity contribution in [1.82, 2.24) is 9.80 Å². The van der Waals surface area contributed by atoms with Crippen LogP contribution in [-0.4, -0.2) is 66.9 Å². The predicted octanol–water partition coefficient (Wildman–Crippen LogP) is 3.00. The van der Waals surface area contributed by atoms with Gasteiger partial charge in [0.25, 0.3) is 5.91 Å². The van der Waals surface area contributed by atoms with E-state index in [0.29, 0.717) is 29.9 Å². The zero-order valence-electron chi connectivity index (χ0n) is 18.3. The van der Waals surface area contributed by atoms with Gasteiger partial charge in [0.2, 0.25) is 0 Å². The molecular formula is C24H26N2O6. The van der Waals surface area contributed by atoms with Crippen molar-refractivity contribution in [2.75, 3.05) is 34.3 Å². The van der Waals surface area contributed by atoms with E-state index in [2.05, 4.69) is 0 Å². The Morgan fingerprint density at radius 3 is 2.53 bits per heavy atom. The van der Waals surface area contributed by atoms with E-state index in [-0.39, 0.29) is 5.57 Å². The van der Waals surface area contributed by atoms with Gasteiger partial charge in [-0.2, -0.15) is 0 Å². The molecule has 8 heteroatoms. The second kappa shape index (κ2) is 10.1. The van der Waals surface area contributed by atoms with Crippen molar-refractivity contribution < 1.29 is 28.6 Å². The second-order valence-electron chi connectivity index (χ2n) is 7.65. The third-order valence-corrected chi connectivity index (χ3v) is 5.16. The molecule has 1 amide bonds. The summed E-state index contributed by atoms with van der Waals surface area (Å²) in [4.78, 5) is 41.1. The summed E-state index contributed by atoms with van der Waals surface area (Å²) in [7, 11) is 5.15. The highest BCUT2D eigenvalue weighted by Crippen LogP contribution is 2.38. The lowest BCUT2D eigenvalue weighted by atomic mass is 9.95. The molecule has 0 bridgehead atoms. The minimum Gasteiger partial charge on any atom is -0.503 e. The number of ketones is 1. The van der Waals surface area contributed by atoms with Crippen LogP contribution in [0.15, 0.2) is 64.5 Å². The molecule has 2 aromatic rings. The van der Waals surface area contributed by atoms with Gasteiger partial charge in [0.1, 0.15) is 5.76 Å². The zero-order valence-corrected chi connectivity index (χ0v) is 18.3. The Bertz CT molecular complexity index is 1030. The number of ether oxygens (including phenoxy) is 1. The summed E-state index contributed by atoms with van der Waals surface area (Å²) >= 11 is 0. The van der Waals surface area contributed by atoms with Gasteiger partial charge >= 0.3 is 5.97 Å². The molecule has 1 aromatic heterocycles. The molecule has 3 rings (SSSR count). The summed E-state index contributed by atoms with van der Waals surface area (Å²) in [6.07, 6.45) is 4.90. The largest absolute Gasteiger partial charge is 0.503 e. The van der Waals surface area contributed by atoms with E-state index in [1.54, 1.807) is 36.4 Å². The number of amides is 1. The molecule has 1 aliphatic rings. The summed E-state index contributed by atoms with van der Waals surface area (Å²) in [6, 6.07) is 9.06.